The molecule has 0 spiro atoms. The summed E-state index contributed by atoms with van der Waals surface area (Å²) in [5.74, 6) is 2.45. The molecule has 3 fully saturated rings. The van der Waals surface area contributed by atoms with Crippen LogP contribution in [0.25, 0.3) is 0 Å². The zero-order valence-electron chi connectivity index (χ0n) is 17.5. The van der Waals surface area contributed by atoms with E-state index in [4.69, 9.17) is 0 Å². The van der Waals surface area contributed by atoms with Crippen LogP contribution in [0.1, 0.15) is 90.4 Å². The second-order valence-electron chi connectivity index (χ2n) is 9.64. The van der Waals surface area contributed by atoms with E-state index in [-0.39, 0.29) is 23.5 Å². The van der Waals surface area contributed by atoms with Crippen molar-refractivity contribution < 1.29 is 9.59 Å². The molecular formula is C23H40N2O2. The second kappa shape index (κ2) is 10.0. The average molecular weight is 377 g/mol. The van der Waals surface area contributed by atoms with Crippen molar-refractivity contribution in [2.75, 3.05) is 7.05 Å². The highest BCUT2D eigenvalue weighted by Crippen LogP contribution is 2.36. The fourth-order valence-electron chi connectivity index (χ4n) is 5.82. The highest BCUT2D eigenvalue weighted by atomic mass is 16.2. The minimum Gasteiger partial charge on any atom is -0.353 e. The summed E-state index contributed by atoms with van der Waals surface area (Å²) < 4.78 is 0. The molecule has 0 aromatic rings. The molecule has 3 aliphatic rings. The van der Waals surface area contributed by atoms with Gasteiger partial charge in [0.15, 0.2) is 0 Å². The smallest absolute Gasteiger partial charge is 0.223 e. The molecule has 2 atom stereocenters. The van der Waals surface area contributed by atoms with Crippen LogP contribution >= 0.6 is 0 Å². The molecule has 0 bridgehead atoms. The molecule has 4 nitrogen and oxygen atoms in total. The van der Waals surface area contributed by atoms with E-state index in [0.29, 0.717) is 6.04 Å². The Kier molecular flexibility index (Phi) is 7.75. The van der Waals surface area contributed by atoms with Crippen molar-refractivity contribution in [3.8, 4) is 0 Å². The molecule has 3 rings (SSSR count). The van der Waals surface area contributed by atoms with Gasteiger partial charge in [0.1, 0.15) is 5.78 Å². The lowest BCUT2D eigenvalue weighted by Crippen LogP contribution is -2.42. The highest BCUT2D eigenvalue weighted by molar-refractivity contribution is 5.82. The van der Waals surface area contributed by atoms with E-state index in [9.17, 15) is 9.59 Å². The zero-order chi connectivity index (χ0) is 19.2. The lowest BCUT2D eigenvalue weighted by molar-refractivity contribution is -0.129. The Hall–Kier alpha value is -0.900. The number of ketones is 1. The van der Waals surface area contributed by atoms with Crippen LogP contribution in [0.5, 0.6) is 0 Å². The van der Waals surface area contributed by atoms with Crippen LogP contribution < -0.4 is 10.6 Å². The Morgan fingerprint density at radius 3 is 1.89 bits per heavy atom. The van der Waals surface area contributed by atoms with Crippen molar-refractivity contribution >= 4 is 11.7 Å². The fraction of sp³-hybridized carbons (Fsp3) is 0.913. The average Bonchev–Trinajstić information content (AvgIpc) is 2.70. The predicted molar refractivity (Wildman–Crippen MR) is 109 cm³/mol. The number of Topliss-reactive ketones (excluding diaryl/α,β-unsaturated/α-hetero) is 1. The minimum absolute atomic E-state index is 0.0627. The minimum atomic E-state index is 0.0627. The summed E-state index contributed by atoms with van der Waals surface area (Å²) in [4.78, 5) is 24.3. The van der Waals surface area contributed by atoms with Gasteiger partial charge in [-0.15, -0.1) is 0 Å². The molecule has 4 heteroatoms. The van der Waals surface area contributed by atoms with Gasteiger partial charge in [-0.3, -0.25) is 9.59 Å². The molecule has 2 unspecified atom stereocenters. The molecule has 0 saturated heterocycles. The Labute approximate surface area is 165 Å². The van der Waals surface area contributed by atoms with Gasteiger partial charge < -0.3 is 10.6 Å². The first kappa shape index (κ1) is 20.8. The van der Waals surface area contributed by atoms with E-state index in [1.54, 1.807) is 6.92 Å². The largest absolute Gasteiger partial charge is 0.353 e. The topological polar surface area (TPSA) is 58.2 Å². The van der Waals surface area contributed by atoms with E-state index in [2.05, 4.69) is 17.7 Å². The van der Waals surface area contributed by atoms with Gasteiger partial charge in [-0.1, -0.05) is 6.42 Å². The first-order valence-electron chi connectivity index (χ1n) is 11.5. The predicted octanol–water partition coefficient (Wildman–Crippen LogP) is 4.23. The Morgan fingerprint density at radius 1 is 0.778 bits per heavy atom. The molecule has 0 heterocycles. The zero-order valence-corrected chi connectivity index (χ0v) is 17.5. The summed E-state index contributed by atoms with van der Waals surface area (Å²) in [7, 11) is 2.09. The SMILES string of the molecule is CNC1CCC(CC2CCC(NC(=O)C3CCCC(C(C)=O)C3)CC2)CC1. The van der Waals surface area contributed by atoms with Crippen LogP contribution in [-0.2, 0) is 9.59 Å². The number of carbonyl (C=O) groups is 2. The number of rotatable bonds is 6. The molecule has 0 aliphatic heterocycles. The maximum atomic E-state index is 12.7. The van der Waals surface area contributed by atoms with Crippen molar-refractivity contribution in [3.05, 3.63) is 0 Å². The molecule has 3 saturated carbocycles. The monoisotopic (exact) mass is 376 g/mol. The van der Waals surface area contributed by atoms with Crippen LogP contribution in [0.3, 0.4) is 0 Å². The molecule has 27 heavy (non-hydrogen) atoms. The number of hydrogen-bond acceptors (Lipinski definition) is 3. The van der Waals surface area contributed by atoms with Gasteiger partial charge in [0.25, 0.3) is 0 Å². The van der Waals surface area contributed by atoms with E-state index in [1.165, 1.54) is 44.9 Å². The quantitative estimate of drug-likeness (QED) is 0.729. The molecular weight excluding hydrogens is 336 g/mol. The standard InChI is InChI=1S/C23H40N2O2/c1-16(26)19-4-3-5-20(15-19)23(27)25-22-12-8-18(9-13-22)14-17-6-10-21(24-2)11-7-17/h17-22,24H,3-15H2,1-2H3,(H,25,27). The summed E-state index contributed by atoms with van der Waals surface area (Å²) in [5.41, 5.74) is 0. The van der Waals surface area contributed by atoms with Crippen LogP contribution in [0.4, 0.5) is 0 Å². The number of nitrogens with one attached hydrogen (secondary N) is 2. The van der Waals surface area contributed by atoms with Crippen molar-refractivity contribution in [1.82, 2.24) is 10.6 Å². The number of carbonyl (C=O) groups excluding carboxylic acids is 2. The van der Waals surface area contributed by atoms with Gasteiger partial charge in [0, 0.05) is 23.9 Å². The maximum Gasteiger partial charge on any atom is 0.223 e. The third kappa shape index (κ3) is 6.04. The van der Waals surface area contributed by atoms with Crippen molar-refractivity contribution in [2.24, 2.45) is 23.7 Å². The summed E-state index contributed by atoms with van der Waals surface area (Å²) in [5, 5.41) is 6.76. The van der Waals surface area contributed by atoms with Crippen LogP contribution in [0, 0.1) is 23.7 Å². The maximum absolute atomic E-state index is 12.7. The molecule has 0 aromatic carbocycles. The Bertz CT molecular complexity index is 491. The van der Waals surface area contributed by atoms with Crippen LogP contribution in [-0.4, -0.2) is 30.8 Å². The third-order valence-corrected chi connectivity index (χ3v) is 7.73. The van der Waals surface area contributed by atoms with E-state index in [0.717, 1.165) is 56.4 Å². The number of amides is 1. The van der Waals surface area contributed by atoms with E-state index in [1.807, 2.05) is 0 Å². The van der Waals surface area contributed by atoms with Gasteiger partial charge in [0.2, 0.25) is 5.91 Å². The molecule has 2 N–H and O–H groups in total. The first-order chi connectivity index (χ1) is 13.0. The van der Waals surface area contributed by atoms with Gasteiger partial charge >= 0.3 is 0 Å². The molecule has 0 radical (unpaired) electrons. The molecule has 154 valence electrons. The molecule has 3 aliphatic carbocycles. The Balaban J connectivity index is 1.35. The van der Waals surface area contributed by atoms with Crippen LogP contribution in [0.15, 0.2) is 0 Å². The lowest BCUT2D eigenvalue weighted by atomic mass is 9.75. The van der Waals surface area contributed by atoms with E-state index >= 15 is 0 Å². The summed E-state index contributed by atoms with van der Waals surface area (Å²) in [6.45, 7) is 1.68. The third-order valence-electron chi connectivity index (χ3n) is 7.73. The van der Waals surface area contributed by atoms with Gasteiger partial charge in [-0.05, 0) is 103 Å². The van der Waals surface area contributed by atoms with E-state index < -0.39 is 0 Å². The van der Waals surface area contributed by atoms with Gasteiger partial charge in [-0.25, -0.2) is 0 Å². The first-order valence-corrected chi connectivity index (χ1v) is 11.5. The highest BCUT2D eigenvalue weighted by Gasteiger charge is 2.32. The summed E-state index contributed by atoms with van der Waals surface area (Å²) in [6, 6.07) is 1.11. The van der Waals surface area contributed by atoms with Crippen molar-refractivity contribution in [3.63, 3.8) is 0 Å². The second-order valence-corrected chi connectivity index (χ2v) is 9.64. The van der Waals surface area contributed by atoms with Gasteiger partial charge in [0.05, 0.1) is 0 Å². The molecule has 1 amide bonds. The van der Waals surface area contributed by atoms with Crippen molar-refractivity contribution in [1.29, 1.82) is 0 Å². The summed E-state index contributed by atoms with van der Waals surface area (Å²) in [6.07, 6.45) is 15.4. The fourth-order valence-corrected chi connectivity index (χ4v) is 5.82. The van der Waals surface area contributed by atoms with Crippen LogP contribution in [0.2, 0.25) is 0 Å². The Morgan fingerprint density at radius 2 is 1.33 bits per heavy atom. The van der Waals surface area contributed by atoms with Gasteiger partial charge in [-0.2, -0.15) is 0 Å². The normalized spacial score (nSPS) is 37.6. The summed E-state index contributed by atoms with van der Waals surface area (Å²) >= 11 is 0. The molecule has 0 aromatic heterocycles. The number of hydrogen-bond donors (Lipinski definition) is 2. The lowest BCUT2D eigenvalue weighted by Gasteiger charge is -2.35. The van der Waals surface area contributed by atoms with Crippen molar-refractivity contribution in [2.45, 2.75) is 102 Å².